The number of anilines is 2. The van der Waals surface area contributed by atoms with Crippen molar-refractivity contribution in [1.82, 2.24) is 9.97 Å². The third-order valence-electron chi connectivity index (χ3n) is 3.28. The molecule has 0 saturated heterocycles. The van der Waals surface area contributed by atoms with E-state index < -0.39 is 0 Å². The number of hydrogen-bond donors (Lipinski definition) is 3. The molecule has 0 amide bonds. The number of aliphatic hydroxyl groups excluding tert-OH is 1. The van der Waals surface area contributed by atoms with Crippen LogP contribution in [0.15, 0.2) is 6.07 Å². The van der Waals surface area contributed by atoms with Crippen LogP contribution >= 0.6 is 0 Å². The van der Waals surface area contributed by atoms with Crippen molar-refractivity contribution in [1.29, 1.82) is 0 Å². The molecule has 0 aromatic carbocycles. The van der Waals surface area contributed by atoms with E-state index in [9.17, 15) is 0 Å². The fourth-order valence-corrected chi connectivity index (χ4v) is 1.94. The molecule has 0 bridgehead atoms. The molecule has 0 radical (unpaired) electrons. The van der Waals surface area contributed by atoms with Crippen LogP contribution in [0.4, 0.5) is 11.6 Å². The summed E-state index contributed by atoms with van der Waals surface area (Å²) in [5.74, 6) is 2.51. The first kappa shape index (κ1) is 17.7. The van der Waals surface area contributed by atoms with E-state index in [2.05, 4.69) is 55.2 Å². The highest BCUT2D eigenvalue weighted by Crippen LogP contribution is 2.23. The Bertz CT molecular complexity index is 429. The molecule has 1 atom stereocenters. The molecular formula is C16H30N4O. The Morgan fingerprint density at radius 2 is 1.86 bits per heavy atom. The quantitative estimate of drug-likeness (QED) is 0.687. The minimum Gasteiger partial charge on any atom is -0.396 e. The van der Waals surface area contributed by atoms with E-state index in [-0.39, 0.29) is 18.1 Å². The van der Waals surface area contributed by atoms with E-state index in [4.69, 9.17) is 5.11 Å². The summed E-state index contributed by atoms with van der Waals surface area (Å²) >= 11 is 0. The molecular weight excluding hydrogens is 264 g/mol. The van der Waals surface area contributed by atoms with E-state index in [1.165, 1.54) is 0 Å². The summed E-state index contributed by atoms with van der Waals surface area (Å²) < 4.78 is 0. The van der Waals surface area contributed by atoms with Gasteiger partial charge in [-0.05, 0) is 19.3 Å². The predicted molar refractivity (Wildman–Crippen MR) is 88.9 cm³/mol. The molecule has 5 heteroatoms. The van der Waals surface area contributed by atoms with Gasteiger partial charge in [-0.25, -0.2) is 9.97 Å². The van der Waals surface area contributed by atoms with E-state index in [0.29, 0.717) is 0 Å². The van der Waals surface area contributed by atoms with E-state index in [0.717, 1.165) is 43.3 Å². The minimum absolute atomic E-state index is 0.0982. The zero-order chi connectivity index (χ0) is 15.9. The number of aromatic nitrogens is 2. The Kier molecular flexibility index (Phi) is 6.89. The lowest BCUT2D eigenvalue weighted by atomic mass is 9.96. The van der Waals surface area contributed by atoms with Gasteiger partial charge >= 0.3 is 0 Å². The molecule has 1 unspecified atom stereocenters. The number of hydrogen-bond acceptors (Lipinski definition) is 5. The molecule has 3 N–H and O–H groups in total. The topological polar surface area (TPSA) is 70.1 Å². The molecule has 0 aliphatic rings. The molecule has 0 fully saturated rings. The second-order valence-electron chi connectivity index (χ2n) is 6.40. The van der Waals surface area contributed by atoms with Crippen molar-refractivity contribution in [2.45, 2.75) is 65.3 Å². The molecule has 5 nitrogen and oxygen atoms in total. The second-order valence-corrected chi connectivity index (χ2v) is 6.40. The predicted octanol–water partition coefficient (Wildman–Crippen LogP) is 3.17. The summed E-state index contributed by atoms with van der Waals surface area (Å²) in [7, 11) is 0. The number of rotatable bonds is 8. The van der Waals surface area contributed by atoms with Crippen molar-refractivity contribution < 1.29 is 5.11 Å². The molecule has 21 heavy (non-hydrogen) atoms. The van der Waals surface area contributed by atoms with Crippen LogP contribution in [-0.4, -0.2) is 34.3 Å². The molecule has 1 aromatic rings. The highest BCUT2D eigenvalue weighted by Gasteiger charge is 2.19. The maximum atomic E-state index is 9.12. The first-order chi connectivity index (χ1) is 9.90. The maximum Gasteiger partial charge on any atom is 0.138 e. The number of nitrogens with zero attached hydrogens (tertiary/aromatic N) is 2. The fourth-order valence-electron chi connectivity index (χ4n) is 1.94. The SMILES string of the molecule is CCCNc1cc(NC(CC)CCO)nc(C(C)(C)C)n1. The monoisotopic (exact) mass is 294 g/mol. The molecule has 0 aliphatic carbocycles. The van der Waals surface area contributed by atoms with Gasteiger partial charge < -0.3 is 15.7 Å². The van der Waals surface area contributed by atoms with E-state index >= 15 is 0 Å². The molecule has 0 saturated carbocycles. The third kappa shape index (κ3) is 5.87. The van der Waals surface area contributed by atoms with Gasteiger partial charge in [0.2, 0.25) is 0 Å². The Morgan fingerprint density at radius 1 is 1.19 bits per heavy atom. The summed E-state index contributed by atoms with van der Waals surface area (Å²) in [6.45, 7) is 11.7. The van der Waals surface area contributed by atoms with Gasteiger partial charge in [-0.15, -0.1) is 0 Å². The Balaban J connectivity index is 3.00. The van der Waals surface area contributed by atoms with E-state index in [1.807, 2.05) is 6.07 Å². The molecule has 1 rings (SSSR count). The molecule has 0 aliphatic heterocycles. The Labute approximate surface area is 128 Å². The van der Waals surface area contributed by atoms with Crippen LogP contribution < -0.4 is 10.6 Å². The van der Waals surface area contributed by atoms with Crippen LogP contribution in [0, 0.1) is 0 Å². The van der Waals surface area contributed by atoms with Crippen LogP contribution in [0.2, 0.25) is 0 Å². The van der Waals surface area contributed by atoms with Crippen molar-refractivity contribution in [2.24, 2.45) is 0 Å². The first-order valence-corrected chi connectivity index (χ1v) is 7.91. The first-order valence-electron chi connectivity index (χ1n) is 7.91. The van der Waals surface area contributed by atoms with Crippen LogP contribution in [-0.2, 0) is 5.41 Å². The van der Waals surface area contributed by atoms with Crippen LogP contribution in [0.1, 0.15) is 59.7 Å². The van der Waals surface area contributed by atoms with Gasteiger partial charge in [0.1, 0.15) is 17.5 Å². The normalized spacial score (nSPS) is 13.0. The van der Waals surface area contributed by atoms with Gasteiger partial charge in [-0.1, -0.05) is 34.6 Å². The standard InChI is InChI=1S/C16H30N4O/c1-6-9-17-13-11-14(18-12(7-2)8-10-21)20-15(19-13)16(3,4)5/h11-12,21H,6-10H2,1-5H3,(H2,17,18,19,20). The van der Waals surface area contributed by atoms with Crippen LogP contribution in [0.5, 0.6) is 0 Å². The highest BCUT2D eigenvalue weighted by atomic mass is 16.3. The number of nitrogens with one attached hydrogen (secondary N) is 2. The average molecular weight is 294 g/mol. The Morgan fingerprint density at radius 3 is 2.38 bits per heavy atom. The van der Waals surface area contributed by atoms with Gasteiger partial charge in [0, 0.05) is 30.7 Å². The maximum absolute atomic E-state index is 9.12. The lowest BCUT2D eigenvalue weighted by Crippen LogP contribution is -2.23. The van der Waals surface area contributed by atoms with Crippen molar-refractivity contribution in [2.75, 3.05) is 23.8 Å². The zero-order valence-electron chi connectivity index (χ0n) is 14.0. The van der Waals surface area contributed by atoms with Gasteiger partial charge in [0.05, 0.1) is 0 Å². The Hall–Kier alpha value is -1.36. The fraction of sp³-hybridized carbons (Fsp3) is 0.750. The van der Waals surface area contributed by atoms with E-state index in [1.54, 1.807) is 0 Å². The van der Waals surface area contributed by atoms with Crippen LogP contribution in [0.25, 0.3) is 0 Å². The van der Waals surface area contributed by atoms with Gasteiger partial charge in [0.25, 0.3) is 0 Å². The largest absolute Gasteiger partial charge is 0.396 e. The van der Waals surface area contributed by atoms with Gasteiger partial charge in [0.15, 0.2) is 0 Å². The summed E-state index contributed by atoms with van der Waals surface area (Å²) in [6.07, 6.45) is 2.73. The van der Waals surface area contributed by atoms with Crippen molar-refractivity contribution in [3.05, 3.63) is 11.9 Å². The molecule has 120 valence electrons. The van der Waals surface area contributed by atoms with Crippen molar-refractivity contribution in [3.8, 4) is 0 Å². The molecule has 1 aromatic heterocycles. The molecule has 0 spiro atoms. The summed E-state index contributed by atoms with van der Waals surface area (Å²) in [6, 6.07) is 2.18. The zero-order valence-corrected chi connectivity index (χ0v) is 14.0. The van der Waals surface area contributed by atoms with Gasteiger partial charge in [-0.3, -0.25) is 0 Å². The van der Waals surface area contributed by atoms with Crippen molar-refractivity contribution >= 4 is 11.6 Å². The highest BCUT2D eigenvalue weighted by molar-refractivity contribution is 5.48. The van der Waals surface area contributed by atoms with Crippen LogP contribution in [0.3, 0.4) is 0 Å². The number of aliphatic hydroxyl groups is 1. The van der Waals surface area contributed by atoms with Gasteiger partial charge in [-0.2, -0.15) is 0 Å². The smallest absolute Gasteiger partial charge is 0.138 e. The summed E-state index contributed by atoms with van der Waals surface area (Å²) in [5, 5.41) is 15.9. The minimum atomic E-state index is -0.0982. The second kappa shape index (κ2) is 8.17. The summed E-state index contributed by atoms with van der Waals surface area (Å²) in [5.41, 5.74) is -0.0982. The average Bonchev–Trinajstić information content (AvgIpc) is 2.43. The summed E-state index contributed by atoms with van der Waals surface area (Å²) in [4.78, 5) is 9.25. The third-order valence-corrected chi connectivity index (χ3v) is 3.28. The lowest BCUT2D eigenvalue weighted by molar-refractivity contribution is 0.278. The lowest BCUT2D eigenvalue weighted by Gasteiger charge is -2.21. The molecule has 1 heterocycles. The van der Waals surface area contributed by atoms with Crippen molar-refractivity contribution in [3.63, 3.8) is 0 Å².